The first-order valence-electron chi connectivity index (χ1n) is 9.52. The van der Waals surface area contributed by atoms with Crippen LogP contribution < -0.4 is 15.4 Å². The van der Waals surface area contributed by atoms with Crippen molar-refractivity contribution in [2.24, 2.45) is 5.92 Å². The van der Waals surface area contributed by atoms with Crippen LogP contribution in [0, 0.1) is 5.92 Å². The maximum atomic E-state index is 11.9. The van der Waals surface area contributed by atoms with E-state index in [1.54, 1.807) is 32.2 Å². The average molecular weight is 435 g/mol. The molecule has 1 atom stereocenters. The summed E-state index contributed by atoms with van der Waals surface area (Å²) in [6.45, 7) is 6.39. The fourth-order valence-corrected chi connectivity index (χ4v) is 3.40. The van der Waals surface area contributed by atoms with Crippen molar-refractivity contribution in [1.29, 1.82) is 0 Å². The third-order valence-electron chi connectivity index (χ3n) is 4.25. The van der Waals surface area contributed by atoms with E-state index in [1.807, 2.05) is 24.3 Å². The van der Waals surface area contributed by atoms with E-state index in [2.05, 4.69) is 24.5 Å². The monoisotopic (exact) mass is 434 g/mol. The van der Waals surface area contributed by atoms with Crippen molar-refractivity contribution in [2.45, 2.75) is 33.2 Å². The second kappa shape index (κ2) is 11.0. The summed E-state index contributed by atoms with van der Waals surface area (Å²) in [6.07, 6.45) is 0.913. The molecule has 2 rings (SSSR count). The van der Waals surface area contributed by atoms with Crippen molar-refractivity contribution in [1.82, 2.24) is 5.32 Å². The van der Waals surface area contributed by atoms with Gasteiger partial charge in [0.05, 0.1) is 30.3 Å². The summed E-state index contributed by atoms with van der Waals surface area (Å²) in [6, 6.07) is 13.0. The molecule has 2 N–H and O–H groups in total. The van der Waals surface area contributed by atoms with Crippen LogP contribution >= 0.6 is 23.8 Å². The van der Waals surface area contributed by atoms with Gasteiger partial charge < -0.3 is 20.1 Å². The van der Waals surface area contributed by atoms with Crippen LogP contribution in [0.25, 0.3) is 0 Å². The molecule has 7 heteroatoms. The molecule has 0 fully saturated rings. The Bertz CT molecular complexity index is 840. The summed E-state index contributed by atoms with van der Waals surface area (Å²) in [5.41, 5.74) is 2.15. The molecule has 2 aromatic carbocycles. The van der Waals surface area contributed by atoms with Crippen molar-refractivity contribution < 1.29 is 14.3 Å². The van der Waals surface area contributed by atoms with E-state index in [0.29, 0.717) is 33.9 Å². The number of esters is 1. The standard InChI is InChI=1S/C22H27ClN2O3S/c1-5-28-21(26)18-11-8-16(13-19(18)23)24-22(29)25-20(12-14(2)3)15-6-9-17(27-4)10-7-15/h6-11,13-14,20H,5,12H2,1-4H3,(H2,24,25,29)/t20-/m1/s1. The molecule has 2 aromatic rings. The number of rotatable bonds is 8. The van der Waals surface area contributed by atoms with Crippen LogP contribution in [-0.4, -0.2) is 24.8 Å². The predicted molar refractivity (Wildman–Crippen MR) is 122 cm³/mol. The second-order valence-corrected chi connectivity index (χ2v) is 7.78. The molecule has 0 heterocycles. The van der Waals surface area contributed by atoms with Gasteiger partial charge in [-0.2, -0.15) is 0 Å². The Kier molecular flexibility index (Phi) is 8.73. The Balaban J connectivity index is 2.09. The number of methoxy groups -OCH3 is 1. The first-order valence-corrected chi connectivity index (χ1v) is 10.3. The van der Waals surface area contributed by atoms with Crippen LogP contribution in [0.4, 0.5) is 5.69 Å². The van der Waals surface area contributed by atoms with E-state index in [0.717, 1.165) is 17.7 Å². The van der Waals surface area contributed by atoms with Gasteiger partial charge in [-0.15, -0.1) is 0 Å². The highest BCUT2D eigenvalue weighted by Gasteiger charge is 2.16. The largest absolute Gasteiger partial charge is 0.497 e. The Morgan fingerprint density at radius 1 is 1.17 bits per heavy atom. The molecule has 0 unspecified atom stereocenters. The summed E-state index contributed by atoms with van der Waals surface area (Å²) < 4.78 is 10.2. The number of anilines is 1. The Morgan fingerprint density at radius 2 is 1.86 bits per heavy atom. The van der Waals surface area contributed by atoms with Gasteiger partial charge in [0.2, 0.25) is 0 Å². The van der Waals surface area contributed by atoms with Crippen molar-refractivity contribution >= 4 is 40.6 Å². The molecule has 0 amide bonds. The van der Waals surface area contributed by atoms with Crippen molar-refractivity contribution in [2.75, 3.05) is 19.0 Å². The third kappa shape index (κ3) is 6.91. The topological polar surface area (TPSA) is 59.6 Å². The summed E-state index contributed by atoms with van der Waals surface area (Å²) >= 11 is 11.7. The van der Waals surface area contributed by atoms with Crippen LogP contribution in [0.5, 0.6) is 5.75 Å². The van der Waals surface area contributed by atoms with Gasteiger partial charge in [-0.1, -0.05) is 37.6 Å². The van der Waals surface area contributed by atoms with E-state index in [1.165, 1.54) is 0 Å². The van der Waals surface area contributed by atoms with Gasteiger partial charge in [0.1, 0.15) is 5.75 Å². The van der Waals surface area contributed by atoms with Gasteiger partial charge in [-0.25, -0.2) is 4.79 Å². The Morgan fingerprint density at radius 3 is 2.41 bits per heavy atom. The zero-order valence-electron chi connectivity index (χ0n) is 17.1. The van der Waals surface area contributed by atoms with Crippen molar-refractivity contribution in [3.05, 3.63) is 58.6 Å². The number of hydrogen-bond donors (Lipinski definition) is 2. The summed E-state index contributed by atoms with van der Waals surface area (Å²) in [7, 11) is 1.65. The minimum atomic E-state index is -0.443. The molecular weight excluding hydrogens is 408 g/mol. The molecule has 0 aliphatic rings. The number of thiocarbonyl (C=S) groups is 1. The highest BCUT2D eigenvalue weighted by atomic mass is 35.5. The summed E-state index contributed by atoms with van der Waals surface area (Å²) in [4.78, 5) is 11.9. The molecule has 0 spiro atoms. The van der Waals surface area contributed by atoms with Gasteiger partial charge >= 0.3 is 5.97 Å². The molecular formula is C22H27ClN2O3S. The molecule has 0 aromatic heterocycles. The third-order valence-corrected chi connectivity index (χ3v) is 4.79. The zero-order chi connectivity index (χ0) is 21.4. The number of carbonyl (C=O) groups is 1. The van der Waals surface area contributed by atoms with Gasteiger partial charge in [0, 0.05) is 5.69 Å². The lowest BCUT2D eigenvalue weighted by Crippen LogP contribution is -2.33. The number of benzene rings is 2. The molecule has 5 nitrogen and oxygen atoms in total. The molecule has 0 bridgehead atoms. The number of nitrogens with one attached hydrogen (secondary N) is 2. The fraction of sp³-hybridized carbons (Fsp3) is 0.364. The maximum Gasteiger partial charge on any atom is 0.339 e. The number of hydrogen-bond acceptors (Lipinski definition) is 4. The van der Waals surface area contributed by atoms with E-state index >= 15 is 0 Å². The highest BCUT2D eigenvalue weighted by Crippen LogP contribution is 2.25. The lowest BCUT2D eigenvalue weighted by atomic mass is 9.97. The molecule has 0 aliphatic heterocycles. The maximum absolute atomic E-state index is 11.9. The molecule has 0 saturated heterocycles. The van der Waals surface area contributed by atoms with Crippen LogP contribution in [0.1, 0.15) is 49.2 Å². The van der Waals surface area contributed by atoms with Gasteiger partial charge in [0.15, 0.2) is 5.11 Å². The van der Waals surface area contributed by atoms with Gasteiger partial charge in [-0.3, -0.25) is 0 Å². The first kappa shape index (κ1) is 23.0. The molecule has 29 heavy (non-hydrogen) atoms. The summed E-state index contributed by atoms with van der Waals surface area (Å²) in [5.74, 6) is 0.853. The van der Waals surface area contributed by atoms with E-state index in [4.69, 9.17) is 33.3 Å². The zero-order valence-corrected chi connectivity index (χ0v) is 18.7. The lowest BCUT2D eigenvalue weighted by Gasteiger charge is -2.23. The average Bonchev–Trinajstić information content (AvgIpc) is 2.67. The van der Waals surface area contributed by atoms with Crippen molar-refractivity contribution in [3.63, 3.8) is 0 Å². The van der Waals surface area contributed by atoms with Gasteiger partial charge in [-0.05, 0) is 67.4 Å². The molecule has 0 aliphatic carbocycles. The minimum absolute atomic E-state index is 0.0511. The van der Waals surface area contributed by atoms with Crippen molar-refractivity contribution in [3.8, 4) is 5.75 Å². The first-order chi connectivity index (χ1) is 13.8. The predicted octanol–water partition coefficient (Wildman–Crippen LogP) is 5.60. The molecule has 156 valence electrons. The SMILES string of the molecule is CCOC(=O)c1ccc(NC(=S)N[C@H](CC(C)C)c2ccc(OC)cc2)cc1Cl. The smallest absolute Gasteiger partial charge is 0.339 e. The molecule has 0 saturated carbocycles. The van der Waals surface area contributed by atoms with Crippen LogP contribution in [0.2, 0.25) is 5.02 Å². The fourth-order valence-electron chi connectivity index (χ4n) is 2.88. The van der Waals surface area contributed by atoms with E-state index in [-0.39, 0.29) is 6.04 Å². The lowest BCUT2D eigenvalue weighted by molar-refractivity contribution is 0.0526. The summed E-state index contributed by atoms with van der Waals surface area (Å²) in [5, 5.41) is 7.30. The van der Waals surface area contributed by atoms with Crippen LogP contribution in [0.3, 0.4) is 0 Å². The number of halogens is 1. The van der Waals surface area contributed by atoms with E-state index < -0.39 is 5.97 Å². The normalized spacial score (nSPS) is 11.7. The van der Waals surface area contributed by atoms with Gasteiger partial charge in [0.25, 0.3) is 0 Å². The Hall–Kier alpha value is -2.31. The quantitative estimate of drug-likeness (QED) is 0.416. The highest BCUT2D eigenvalue weighted by molar-refractivity contribution is 7.80. The number of ether oxygens (including phenoxy) is 2. The molecule has 0 radical (unpaired) electrons. The Labute approximate surface area is 182 Å². The second-order valence-electron chi connectivity index (χ2n) is 6.97. The van der Waals surface area contributed by atoms with Crippen LogP contribution in [-0.2, 0) is 4.74 Å². The number of carbonyl (C=O) groups excluding carboxylic acids is 1. The minimum Gasteiger partial charge on any atom is -0.497 e. The van der Waals surface area contributed by atoms with E-state index in [9.17, 15) is 4.79 Å². The van der Waals surface area contributed by atoms with Crippen LogP contribution in [0.15, 0.2) is 42.5 Å².